The average molecular weight is 432 g/mol. The van der Waals surface area contributed by atoms with Crippen LogP contribution in [0.2, 0.25) is 0 Å². The Bertz CT molecular complexity index is 895. The third-order valence-corrected chi connectivity index (χ3v) is 4.84. The van der Waals surface area contributed by atoms with Crippen molar-refractivity contribution in [3.63, 3.8) is 0 Å². The molecule has 1 atom stereocenters. The summed E-state index contributed by atoms with van der Waals surface area (Å²) in [5.41, 5.74) is 1.06. The largest absolute Gasteiger partial charge is 0.497 e. The number of ether oxygens (including phenoxy) is 7. The Kier molecular flexibility index (Phi) is 7.97. The monoisotopic (exact) mass is 432 g/mol. The third-order valence-electron chi connectivity index (χ3n) is 4.84. The fourth-order valence-electron chi connectivity index (χ4n) is 3.26. The maximum atomic E-state index is 13.5. The van der Waals surface area contributed by atoms with Gasteiger partial charge < -0.3 is 33.2 Å². The first-order valence-electron chi connectivity index (χ1n) is 10.1. The molecule has 1 aliphatic rings. The molecular weight excluding hydrogens is 404 g/mol. The topological polar surface area (TPSA) is 81.7 Å². The highest BCUT2D eigenvalue weighted by Crippen LogP contribution is 2.43. The summed E-state index contributed by atoms with van der Waals surface area (Å²) in [6, 6.07) is 8.66. The highest BCUT2D eigenvalue weighted by molar-refractivity contribution is 6.07. The lowest BCUT2D eigenvalue weighted by molar-refractivity contribution is 0.0173. The molecule has 0 N–H and O–H groups in total. The van der Waals surface area contributed by atoms with Crippen LogP contribution in [0.3, 0.4) is 0 Å². The molecule has 3 rings (SSSR count). The number of Topliss-reactive ketones (excluding diaryl/α,β-unsaturated/α-hetero) is 1. The number of rotatable bonds is 11. The molecule has 0 radical (unpaired) electrons. The second kappa shape index (κ2) is 10.9. The van der Waals surface area contributed by atoms with Crippen molar-refractivity contribution in [2.24, 2.45) is 0 Å². The molecule has 1 aliphatic heterocycles. The Morgan fingerprint density at radius 3 is 2.29 bits per heavy atom. The predicted octanol–water partition coefficient (Wildman–Crippen LogP) is 3.81. The van der Waals surface area contributed by atoms with Gasteiger partial charge in [-0.25, -0.2) is 0 Å². The second-order valence-corrected chi connectivity index (χ2v) is 6.64. The molecule has 0 amide bonds. The van der Waals surface area contributed by atoms with Gasteiger partial charge in [0, 0.05) is 37.0 Å². The Labute approximate surface area is 181 Å². The van der Waals surface area contributed by atoms with Gasteiger partial charge >= 0.3 is 0 Å². The maximum Gasteiger partial charge on any atom is 0.189 e. The van der Waals surface area contributed by atoms with Gasteiger partial charge in [-0.3, -0.25) is 4.79 Å². The van der Waals surface area contributed by atoms with Crippen molar-refractivity contribution in [1.82, 2.24) is 0 Å². The van der Waals surface area contributed by atoms with E-state index >= 15 is 0 Å². The van der Waals surface area contributed by atoms with Crippen LogP contribution in [0, 0.1) is 0 Å². The quantitative estimate of drug-likeness (QED) is 0.392. The first-order chi connectivity index (χ1) is 15.1. The van der Waals surface area contributed by atoms with Crippen molar-refractivity contribution in [2.45, 2.75) is 19.8 Å². The molecule has 31 heavy (non-hydrogen) atoms. The molecule has 0 saturated carbocycles. The van der Waals surface area contributed by atoms with E-state index in [4.69, 9.17) is 33.2 Å². The molecule has 168 valence electrons. The smallest absolute Gasteiger partial charge is 0.189 e. The van der Waals surface area contributed by atoms with E-state index in [-0.39, 0.29) is 26.0 Å². The Morgan fingerprint density at radius 1 is 0.903 bits per heavy atom. The normalized spacial score (nSPS) is 15.1. The number of fused-ring (bicyclic) bond motifs is 1. The molecule has 0 fully saturated rings. The van der Waals surface area contributed by atoms with Crippen LogP contribution in [-0.2, 0) is 9.47 Å². The van der Waals surface area contributed by atoms with Gasteiger partial charge in [0.1, 0.15) is 40.9 Å². The fraction of sp³-hybridized carbons (Fsp3) is 0.435. The highest BCUT2D eigenvalue weighted by atomic mass is 16.7. The molecule has 2 aromatic carbocycles. The molecule has 8 heteroatoms. The van der Waals surface area contributed by atoms with Gasteiger partial charge in [-0.05, 0) is 19.9 Å². The van der Waals surface area contributed by atoms with E-state index in [9.17, 15) is 4.79 Å². The molecule has 2 aromatic rings. The summed E-state index contributed by atoms with van der Waals surface area (Å²) in [5, 5.41) is 0. The molecular formula is C23H28O8. The highest BCUT2D eigenvalue weighted by Gasteiger charge is 2.35. The van der Waals surface area contributed by atoms with Crippen molar-refractivity contribution < 1.29 is 38.0 Å². The second-order valence-electron chi connectivity index (χ2n) is 6.64. The lowest BCUT2D eigenvalue weighted by atomic mass is 9.87. The third kappa shape index (κ3) is 5.21. The minimum Gasteiger partial charge on any atom is -0.497 e. The summed E-state index contributed by atoms with van der Waals surface area (Å²) in [6.45, 7) is 5.00. The molecule has 1 unspecified atom stereocenters. The van der Waals surface area contributed by atoms with Gasteiger partial charge in [0.05, 0.1) is 20.1 Å². The molecule has 0 aliphatic carbocycles. The van der Waals surface area contributed by atoms with E-state index in [0.29, 0.717) is 53.1 Å². The van der Waals surface area contributed by atoms with Crippen LogP contribution < -0.4 is 23.7 Å². The van der Waals surface area contributed by atoms with E-state index in [1.165, 1.54) is 0 Å². The van der Waals surface area contributed by atoms with Gasteiger partial charge in [0.2, 0.25) is 0 Å². The maximum absolute atomic E-state index is 13.5. The minimum absolute atomic E-state index is 0.00164. The van der Waals surface area contributed by atoms with E-state index in [1.807, 2.05) is 19.9 Å². The van der Waals surface area contributed by atoms with Crippen molar-refractivity contribution in [3.05, 3.63) is 41.5 Å². The number of carbonyl (C=O) groups excluding carboxylic acids is 1. The summed E-state index contributed by atoms with van der Waals surface area (Å²) < 4.78 is 38.6. The molecule has 0 aromatic heterocycles. The van der Waals surface area contributed by atoms with Gasteiger partial charge in [0.15, 0.2) is 19.4 Å². The Hall–Kier alpha value is -2.97. The first kappa shape index (κ1) is 22.7. The van der Waals surface area contributed by atoms with Crippen molar-refractivity contribution in [2.75, 3.05) is 47.6 Å². The summed E-state index contributed by atoms with van der Waals surface area (Å²) in [4.78, 5) is 13.5. The van der Waals surface area contributed by atoms with Crippen LogP contribution in [0.25, 0.3) is 0 Å². The lowest BCUT2D eigenvalue weighted by Crippen LogP contribution is -2.27. The Balaban J connectivity index is 1.95. The van der Waals surface area contributed by atoms with Crippen LogP contribution in [0.5, 0.6) is 28.7 Å². The number of methoxy groups -OCH3 is 2. The van der Waals surface area contributed by atoms with E-state index in [1.54, 1.807) is 38.5 Å². The number of hydrogen-bond donors (Lipinski definition) is 0. The van der Waals surface area contributed by atoms with Gasteiger partial charge in [0.25, 0.3) is 0 Å². The van der Waals surface area contributed by atoms with Crippen LogP contribution >= 0.6 is 0 Å². The molecule has 0 saturated heterocycles. The lowest BCUT2D eigenvalue weighted by Gasteiger charge is -2.27. The summed E-state index contributed by atoms with van der Waals surface area (Å²) >= 11 is 0. The van der Waals surface area contributed by atoms with Crippen molar-refractivity contribution in [3.8, 4) is 28.7 Å². The van der Waals surface area contributed by atoms with E-state index in [2.05, 4.69) is 0 Å². The van der Waals surface area contributed by atoms with Crippen LogP contribution in [-0.4, -0.2) is 53.4 Å². The molecule has 1 heterocycles. The van der Waals surface area contributed by atoms with Crippen LogP contribution in [0.15, 0.2) is 30.3 Å². The minimum atomic E-state index is -0.557. The Morgan fingerprint density at radius 2 is 1.61 bits per heavy atom. The van der Waals surface area contributed by atoms with Crippen molar-refractivity contribution in [1.29, 1.82) is 0 Å². The average Bonchev–Trinajstić information content (AvgIpc) is 2.79. The number of hydrogen-bond acceptors (Lipinski definition) is 8. The van der Waals surface area contributed by atoms with Gasteiger partial charge in [-0.15, -0.1) is 0 Å². The number of ketones is 1. The summed E-state index contributed by atoms with van der Waals surface area (Å²) in [7, 11) is 3.13. The zero-order valence-electron chi connectivity index (χ0n) is 18.3. The van der Waals surface area contributed by atoms with E-state index < -0.39 is 5.92 Å². The standard InChI is InChI=1S/C23H28O8/c1-5-27-13-30-16-10-20-22(21(11-16)31-14-28-6-2)23(24)18(12-29-20)17-8-7-15(25-3)9-19(17)26-4/h7-11,18H,5-6,12-14H2,1-4H3. The summed E-state index contributed by atoms with van der Waals surface area (Å²) in [5.74, 6) is 1.71. The van der Waals surface area contributed by atoms with Gasteiger partial charge in [-0.1, -0.05) is 6.07 Å². The molecule has 0 bridgehead atoms. The first-order valence-corrected chi connectivity index (χ1v) is 10.1. The van der Waals surface area contributed by atoms with Gasteiger partial charge in [-0.2, -0.15) is 0 Å². The molecule has 0 spiro atoms. The fourth-order valence-corrected chi connectivity index (χ4v) is 3.26. The predicted molar refractivity (Wildman–Crippen MR) is 113 cm³/mol. The SMILES string of the molecule is CCOCOc1cc(OCOCC)c2c(c1)OCC(c1ccc(OC)cc1OC)C2=O. The van der Waals surface area contributed by atoms with Crippen LogP contribution in [0.1, 0.15) is 35.7 Å². The number of carbonyl (C=O) groups is 1. The zero-order valence-corrected chi connectivity index (χ0v) is 18.3. The van der Waals surface area contributed by atoms with Crippen LogP contribution in [0.4, 0.5) is 0 Å². The van der Waals surface area contributed by atoms with Crippen molar-refractivity contribution >= 4 is 5.78 Å². The summed E-state index contributed by atoms with van der Waals surface area (Å²) in [6.07, 6.45) is 0. The van der Waals surface area contributed by atoms with E-state index in [0.717, 1.165) is 0 Å². The number of benzene rings is 2. The molecule has 8 nitrogen and oxygen atoms in total. The zero-order chi connectivity index (χ0) is 22.2.